The van der Waals surface area contributed by atoms with Crippen LogP contribution in [0.5, 0.6) is 0 Å². The van der Waals surface area contributed by atoms with Gasteiger partial charge in [0.2, 0.25) is 0 Å². The number of ether oxygens (including phenoxy) is 4. The van der Waals surface area contributed by atoms with Crippen LogP contribution in [0.1, 0.15) is 196 Å². The molecule has 0 aliphatic heterocycles. The minimum absolute atomic E-state index is 0.113. The van der Waals surface area contributed by atoms with Crippen LogP contribution < -0.4 is 0 Å². The van der Waals surface area contributed by atoms with Crippen LogP contribution in [0.2, 0.25) is 0 Å². The third kappa shape index (κ3) is 33.0. The second kappa shape index (κ2) is 24.0. The van der Waals surface area contributed by atoms with Crippen molar-refractivity contribution in [3.8, 4) is 0 Å². The molecule has 63 heavy (non-hydrogen) atoms. The molecule has 0 aliphatic rings. The summed E-state index contributed by atoms with van der Waals surface area (Å²) in [7, 11) is 4.21. The Kier molecular flexibility index (Phi) is 23.2. The van der Waals surface area contributed by atoms with Crippen LogP contribution in [0.15, 0.2) is 0 Å². The van der Waals surface area contributed by atoms with E-state index in [-0.39, 0.29) is 92.9 Å². The third-order valence-electron chi connectivity index (χ3n) is 11.4. The van der Waals surface area contributed by atoms with Crippen molar-refractivity contribution >= 4 is 23.9 Å². The molecule has 0 aromatic heterocycles. The Hall–Kier alpha value is -2.20. The minimum atomic E-state index is -0.234. The first-order valence-electron chi connectivity index (χ1n) is 24.2. The van der Waals surface area contributed by atoms with E-state index in [9.17, 15) is 19.2 Å². The molecule has 372 valence electrons. The number of hydrogen-bond acceptors (Lipinski definition) is 8. The smallest absolute Gasteiger partial charge is 0.311 e. The maximum atomic E-state index is 13.3. The molecule has 0 radical (unpaired) electrons. The van der Waals surface area contributed by atoms with E-state index >= 15 is 0 Å². The SMILES string of the molecule is CC(C)(C)CC(C)(C)COC(=O)CC[N+](C)(CCC[N+](C)(CCC(=O)OCC(C)(C)CC(C)(C)C)CCC(=O)OCC(C)(C)CC(C)(C)C)CCC(=O)OCC(C)(C)CC(C)(C)C. The van der Waals surface area contributed by atoms with Crippen LogP contribution in [0.25, 0.3) is 0 Å². The monoisotopic (exact) mass is 897 g/mol. The molecule has 0 rings (SSSR count). The number of hydrogen-bond donors (Lipinski definition) is 0. The quantitative estimate of drug-likeness (QED) is 0.0434. The fourth-order valence-corrected chi connectivity index (χ4v) is 10.3. The predicted octanol–water partition coefficient (Wildman–Crippen LogP) is 11.9. The summed E-state index contributed by atoms with van der Waals surface area (Å²) in [5, 5.41) is 0. The molecule has 0 fully saturated rings. The van der Waals surface area contributed by atoms with Crippen molar-refractivity contribution in [3.63, 3.8) is 0 Å². The van der Waals surface area contributed by atoms with Gasteiger partial charge in [0.25, 0.3) is 0 Å². The zero-order chi connectivity index (χ0) is 49.6. The highest BCUT2D eigenvalue weighted by molar-refractivity contribution is 5.70. The maximum Gasteiger partial charge on any atom is 0.311 e. The lowest BCUT2D eigenvalue weighted by atomic mass is 9.77. The summed E-state index contributed by atoms with van der Waals surface area (Å²) >= 11 is 0. The van der Waals surface area contributed by atoms with Crippen molar-refractivity contribution in [3.05, 3.63) is 0 Å². The van der Waals surface area contributed by atoms with Crippen LogP contribution in [0.4, 0.5) is 0 Å². The summed E-state index contributed by atoms with van der Waals surface area (Å²) in [6.45, 7) is 48.3. The highest BCUT2D eigenvalue weighted by Gasteiger charge is 2.34. The van der Waals surface area contributed by atoms with E-state index in [2.05, 4.69) is 153 Å². The lowest BCUT2D eigenvalue weighted by molar-refractivity contribution is -0.927. The van der Waals surface area contributed by atoms with Crippen molar-refractivity contribution in [2.45, 2.75) is 196 Å². The van der Waals surface area contributed by atoms with Gasteiger partial charge in [-0.3, -0.25) is 19.2 Å². The van der Waals surface area contributed by atoms with Crippen molar-refractivity contribution in [2.24, 2.45) is 43.3 Å². The lowest BCUT2D eigenvalue weighted by Gasteiger charge is -2.38. The molecule has 0 aromatic carbocycles. The van der Waals surface area contributed by atoms with E-state index in [4.69, 9.17) is 18.9 Å². The van der Waals surface area contributed by atoms with Gasteiger partial charge in [0.15, 0.2) is 0 Å². The Morgan fingerprint density at radius 1 is 0.317 bits per heavy atom. The maximum absolute atomic E-state index is 13.3. The summed E-state index contributed by atoms with van der Waals surface area (Å²) < 4.78 is 24.4. The highest BCUT2D eigenvalue weighted by Crippen LogP contribution is 2.36. The average molecular weight is 897 g/mol. The van der Waals surface area contributed by atoms with E-state index in [1.807, 2.05) is 0 Å². The molecule has 0 atom stereocenters. The average Bonchev–Trinajstić information content (AvgIpc) is 3.04. The largest absolute Gasteiger partial charge is 0.465 e. The van der Waals surface area contributed by atoms with Gasteiger partial charge in [0.1, 0.15) is 0 Å². The van der Waals surface area contributed by atoms with Crippen molar-refractivity contribution < 1.29 is 47.1 Å². The van der Waals surface area contributed by atoms with E-state index in [1.165, 1.54) is 0 Å². The molecular formula is C53H104N2O8+2. The Balaban J connectivity index is 6.16. The van der Waals surface area contributed by atoms with Gasteiger partial charge in [0.05, 0.1) is 105 Å². The number of rotatable bonds is 28. The summed E-state index contributed by atoms with van der Waals surface area (Å²) in [6.07, 6.45) is 5.37. The Morgan fingerprint density at radius 3 is 0.651 bits per heavy atom. The van der Waals surface area contributed by atoms with Crippen LogP contribution in [0, 0.1) is 43.3 Å². The number of carbonyl (C=O) groups excluding carboxylic acids is 4. The Labute approximate surface area is 389 Å². The van der Waals surface area contributed by atoms with Crippen molar-refractivity contribution in [2.75, 3.05) is 79.8 Å². The fourth-order valence-electron chi connectivity index (χ4n) is 10.3. The van der Waals surface area contributed by atoms with Gasteiger partial charge in [-0.15, -0.1) is 0 Å². The molecule has 0 N–H and O–H groups in total. The lowest BCUT2D eigenvalue weighted by Crippen LogP contribution is -2.52. The van der Waals surface area contributed by atoms with Gasteiger partial charge in [-0.1, -0.05) is 138 Å². The molecule has 0 saturated heterocycles. The van der Waals surface area contributed by atoms with E-state index < -0.39 is 0 Å². The van der Waals surface area contributed by atoms with Crippen LogP contribution in [-0.4, -0.2) is 113 Å². The molecule has 0 saturated carbocycles. The Bertz CT molecular complexity index is 1210. The normalized spacial score (nSPS) is 14.1. The first-order chi connectivity index (χ1) is 27.9. The molecule has 0 unspecified atom stereocenters. The van der Waals surface area contributed by atoms with Gasteiger partial charge in [0, 0.05) is 6.42 Å². The zero-order valence-corrected chi connectivity index (χ0v) is 45.6. The summed E-state index contributed by atoms with van der Waals surface area (Å²) in [5.74, 6) is -0.938. The van der Waals surface area contributed by atoms with Crippen molar-refractivity contribution in [1.82, 2.24) is 0 Å². The second-order valence-electron chi connectivity index (χ2n) is 28.2. The molecule has 0 spiro atoms. The zero-order valence-electron chi connectivity index (χ0n) is 45.6. The second-order valence-corrected chi connectivity index (χ2v) is 28.2. The summed E-state index contributed by atoms with van der Waals surface area (Å²) in [4.78, 5) is 53.0. The number of nitrogens with zero attached hydrogens (tertiary/aromatic N) is 2. The predicted molar refractivity (Wildman–Crippen MR) is 260 cm³/mol. The highest BCUT2D eigenvalue weighted by atomic mass is 16.5. The van der Waals surface area contributed by atoms with Crippen LogP contribution in [0.3, 0.4) is 0 Å². The van der Waals surface area contributed by atoms with Gasteiger partial charge in [-0.2, -0.15) is 0 Å². The summed E-state index contributed by atoms with van der Waals surface area (Å²) in [5.41, 5.74) is -0.148. The Morgan fingerprint density at radius 2 is 0.492 bits per heavy atom. The molecular weight excluding hydrogens is 793 g/mol. The van der Waals surface area contributed by atoms with Crippen molar-refractivity contribution in [1.29, 1.82) is 0 Å². The van der Waals surface area contributed by atoms with Crippen LogP contribution >= 0.6 is 0 Å². The summed E-state index contributed by atoms with van der Waals surface area (Å²) in [6, 6.07) is 0. The molecule has 10 heteroatoms. The fraction of sp³-hybridized carbons (Fsp3) is 0.925. The molecule has 0 amide bonds. The van der Waals surface area contributed by atoms with Gasteiger partial charge in [-0.05, 0) is 69.0 Å². The minimum Gasteiger partial charge on any atom is -0.465 e. The van der Waals surface area contributed by atoms with Gasteiger partial charge in [-0.25, -0.2) is 0 Å². The molecule has 0 heterocycles. The topological polar surface area (TPSA) is 105 Å². The first kappa shape index (κ1) is 60.8. The van der Waals surface area contributed by atoms with E-state index in [1.54, 1.807) is 0 Å². The van der Waals surface area contributed by atoms with E-state index in [0.717, 1.165) is 32.1 Å². The van der Waals surface area contributed by atoms with Crippen LogP contribution in [-0.2, 0) is 38.1 Å². The van der Waals surface area contributed by atoms with E-state index in [0.29, 0.717) is 74.7 Å². The third-order valence-corrected chi connectivity index (χ3v) is 11.4. The molecule has 0 aliphatic carbocycles. The molecule has 0 aromatic rings. The standard InChI is InChI=1S/C53H104N2O8/c1-46(2,3)34-50(13,14)38-60-42(56)24-30-54(21,31-25-43(57)61-39-51(15,16)35-47(4,5)6)28-23-29-55(22,32-26-44(58)62-40-52(17,18)36-48(7,8)9)33-27-45(59)63-41-53(19,20)37-49(10,11)12/h23-41H2,1-22H3/q+2. The van der Waals surface area contributed by atoms with Gasteiger partial charge < -0.3 is 27.9 Å². The number of carbonyl (C=O) groups is 4. The number of esters is 4. The molecule has 10 nitrogen and oxygen atoms in total. The first-order valence-corrected chi connectivity index (χ1v) is 24.2. The molecule has 0 bridgehead atoms. The van der Waals surface area contributed by atoms with Gasteiger partial charge >= 0.3 is 23.9 Å². The number of quaternary nitrogens is 2.